The second kappa shape index (κ2) is 8.91. The van der Waals surface area contributed by atoms with E-state index in [-0.39, 0.29) is 12.0 Å². The lowest BCUT2D eigenvalue weighted by Gasteiger charge is -2.22. The number of aliphatic imine (C=N–C) groups is 1. The van der Waals surface area contributed by atoms with Gasteiger partial charge >= 0.3 is 5.97 Å². The number of fused-ring (bicyclic) bond motifs is 1. The van der Waals surface area contributed by atoms with Gasteiger partial charge < -0.3 is 9.15 Å². The predicted molar refractivity (Wildman–Crippen MR) is 117 cm³/mol. The topological polar surface area (TPSA) is 88.5 Å². The molecule has 0 aliphatic carbocycles. The molecule has 0 spiro atoms. The Labute approximate surface area is 176 Å². The third-order valence-electron chi connectivity index (χ3n) is 5.22. The average Bonchev–Trinajstić information content (AvgIpc) is 3.18. The second-order valence-corrected chi connectivity index (χ2v) is 7.62. The molecule has 30 heavy (non-hydrogen) atoms. The maximum atomic E-state index is 11.7. The Balaban J connectivity index is 1.81. The van der Waals surface area contributed by atoms with Crippen LogP contribution in [0.1, 0.15) is 39.7 Å². The minimum absolute atomic E-state index is 0.0811. The summed E-state index contributed by atoms with van der Waals surface area (Å²) in [5.74, 6) is -1.09. The molecule has 1 atom stereocenters. The quantitative estimate of drug-likeness (QED) is 0.379. The average molecular weight is 403 g/mol. The van der Waals surface area contributed by atoms with Crippen LogP contribution in [-0.4, -0.2) is 23.8 Å². The zero-order valence-electron chi connectivity index (χ0n) is 17.7. The fraction of sp³-hybridized carbons (Fsp3) is 0.333. The van der Waals surface area contributed by atoms with E-state index in [0.29, 0.717) is 11.6 Å². The van der Waals surface area contributed by atoms with Gasteiger partial charge in [0.15, 0.2) is 11.5 Å². The van der Waals surface area contributed by atoms with E-state index in [1.807, 2.05) is 24.3 Å². The van der Waals surface area contributed by atoms with Gasteiger partial charge in [-0.25, -0.2) is 4.98 Å². The van der Waals surface area contributed by atoms with Crippen molar-refractivity contribution in [2.24, 2.45) is 10.9 Å². The molecule has 0 aliphatic heterocycles. The van der Waals surface area contributed by atoms with Crippen LogP contribution in [0.4, 0.5) is 5.69 Å². The molecule has 1 unspecified atom stereocenters. The van der Waals surface area contributed by atoms with Crippen molar-refractivity contribution in [3.8, 4) is 17.5 Å². The Morgan fingerprint density at radius 3 is 2.63 bits per heavy atom. The molecule has 0 N–H and O–H groups in total. The van der Waals surface area contributed by atoms with Crippen LogP contribution < -0.4 is 0 Å². The van der Waals surface area contributed by atoms with Crippen LogP contribution in [0.3, 0.4) is 0 Å². The molecule has 0 amide bonds. The van der Waals surface area contributed by atoms with E-state index < -0.39 is 11.9 Å². The van der Waals surface area contributed by atoms with E-state index in [4.69, 9.17) is 14.4 Å². The van der Waals surface area contributed by atoms with Crippen molar-refractivity contribution in [1.82, 2.24) is 4.98 Å². The van der Waals surface area contributed by atoms with Crippen LogP contribution in [0, 0.1) is 17.2 Å². The highest BCUT2D eigenvalue weighted by Crippen LogP contribution is 2.31. The van der Waals surface area contributed by atoms with E-state index in [9.17, 15) is 4.79 Å². The first-order valence-corrected chi connectivity index (χ1v) is 10.00. The number of carbonyl (C=O) groups is 1. The molecule has 1 aromatic heterocycles. The summed E-state index contributed by atoms with van der Waals surface area (Å²) < 4.78 is 10.8. The third kappa shape index (κ3) is 4.57. The zero-order valence-corrected chi connectivity index (χ0v) is 17.7. The molecule has 154 valence electrons. The van der Waals surface area contributed by atoms with E-state index in [2.05, 4.69) is 42.9 Å². The molecular formula is C24H25N3O3. The summed E-state index contributed by atoms with van der Waals surface area (Å²) in [5, 5.41) is 9.09. The highest BCUT2D eigenvalue weighted by Gasteiger charge is 2.20. The molecule has 0 radical (unpaired) electrons. The Hall–Kier alpha value is -3.46. The molecule has 0 fully saturated rings. The number of rotatable bonds is 7. The SMILES string of the molecule is CCOC(=O)C(C#N)C=Nc1ccc(-c2nc3cc(C(C)(C)CC)ccc3o2)cc1. The summed E-state index contributed by atoms with van der Waals surface area (Å²) in [4.78, 5) is 20.5. The summed E-state index contributed by atoms with van der Waals surface area (Å²) in [7, 11) is 0. The number of carbonyl (C=O) groups excluding carboxylic acids is 1. The maximum Gasteiger partial charge on any atom is 0.328 e. The van der Waals surface area contributed by atoms with Gasteiger partial charge in [0.25, 0.3) is 0 Å². The van der Waals surface area contributed by atoms with Crippen molar-refractivity contribution in [3.63, 3.8) is 0 Å². The van der Waals surface area contributed by atoms with Gasteiger partial charge in [0.2, 0.25) is 5.89 Å². The Bertz CT molecular complexity index is 1100. The van der Waals surface area contributed by atoms with Crippen LogP contribution in [0.2, 0.25) is 0 Å². The molecule has 1 heterocycles. The van der Waals surface area contributed by atoms with Crippen molar-refractivity contribution in [3.05, 3.63) is 48.0 Å². The summed E-state index contributed by atoms with van der Waals surface area (Å²) in [5.41, 5.74) is 4.33. The number of nitrogens with zero attached hydrogens (tertiary/aromatic N) is 3. The van der Waals surface area contributed by atoms with E-state index >= 15 is 0 Å². The zero-order chi connectivity index (χ0) is 21.7. The van der Waals surface area contributed by atoms with Crippen molar-refractivity contribution in [2.75, 3.05) is 6.61 Å². The van der Waals surface area contributed by atoms with Crippen molar-refractivity contribution in [1.29, 1.82) is 5.26 Å². The summed E-state index contributed by atoms with van der Waals surface area (Å²) >= 11 is 0. The highest BCUT2D eigenvalue weighted by atomic mass is 16.5. The number of aromatic nitrogens is 1. The number of ether oxygens (including phenoxy) is 1. The van der Waals surface area contributed by atoms with E-state index in [1.165, 1.54) is 11.8 Å². The number of nitriles is 1. The van der Waals surface area contributed by atoms with Crippen LogP contribution in [0.15, 0.2) is 51.9 Å². The van der Waals surface area contributed by atoms with Crippen molar-refractivity contribution in [2.45, 2.75) is 39.5 Å². The van der Waals surface area contributed by atoms with Gasteiger partial charge in [-0.2, -0.15) is 5.26 Å². The molecule has 0 bridgehead atoms. The van der Waals surface area contributed by atoms with Gasteiger partial charge in [-0.1, -0.05) is 26.8 Å². The van der Waals surface area contributed by atoms with Gasteiger partial charge in [-0.3, -0.25) is 9.79 Å². The lowest BCUT2D eigenvalue weighted by Crippen LogP contribution is -2.17. The molecule has 6 nitrogen and oxygen atoms in total. The standard InChI is InChI=1S/C24H25N3O3/c1-5-24(3,4)18-9-12-21-20(13-18)27-22(30-21)16-7-10-19(11-8-16)26-15-17(14-25)23(28)29-6-2/h7-13,15,17H,5-6H2,1-4H3. The van der Waals surface area contributed by atoms with Gasteiger partial charge in [0.05, 0.1) is 18.4 Å². The molecule has 2 aromatic carbocycles. The summed E-state index contributed by atoms with van der Waals surface area (Å²) in [6, 6.07) is 15.3. The first kappa shape index (κ1) is 21.3. The largest absolute Gasteiger partial charge is 0.465 e. The van der Waals surface area contributed by atoms with Gasteiger partial charge in [0, 0.05) is 11.8 Å². The minimum Gasteiger partial charge on any atom is -0.465 e. The smallest absolute Gasteiger partial charge is 0.328 e. The molecule has 3 aromatic rings. The summed E-state index contributed by atoms with van der Waals surface area (Å²) in [6.45, 7) is 8.52. The molecule has 0 saturated heterocycles. The van der Waals surface area contributed by atoms with Crippen LogP contribution in [0.25, 0.3) is 22.6 Å². The minimum atomic E-state index is -1.02. The lowest BCUT2D eigenvalue weighted by molar-refractivity contribution is -0.143. The van der Waals surface area contributed by atoms with Crippen molar-refractivity contribution >= 4 is 29.0 Å². The van der Waals surface area contributed by atoms with Gasteiger partial charge in [-0.05, 0) is 60.7 Å². The number of hydrogen-bond acceptors (Lipinski definition) is 6. The number of hydrogen-bond donors (Lipinski definition) is 0. The fourth-order valence-corrected chi connectivity index (χ4v) is 2.91. The van der Waals surface area contributed by atoms with Crippen molar-refractivity contribution < 1.29 is 13.9 Å². The Kier molecular flexibility index (Phi) is 6.31. The second-order valence-electron chi connectivity index (χ2n) is 7.62. The van der Waals surface area contributed by atoms with Gasteiger partial charge in [0.1, 0.15) is 5.52 Å². The molecular weight excluding hydrogens is 378 g/mol. The summed E-state index contributed by atoms with van der Waals surface area (Å²) in [6.07, 6.45) is 2.33. The van der Waals surface area contributed by atoms with Crippen LogP contribution in [0.5, 0.6) is 0 Å². The fourth-order valence-electron chi connectivity index (χ4n) is 2.91. The third-order valence-corrected chi connectivity index (χ3v) is 5.22. The maximum absolute atomic E-state index is 11.7. The Morgan fingerprint density at radius 1 is 1.27 bits per heavy atom. The molecule has 6 heteroatoms. The molecule has 3 rings (SSSR count). The Morgan fingerprint density at radius 2 is 2.00 bits per heavy atom. The lowest BCUT2D eigenvalue weighted by atomic mass is 9.82. The van der Waals surface area contributed by atoms with E-state index in [0.717, 1.165) is 23.1 Å². The van der Waals surface area contributed by atoms with Gasteiger partial charge in [-0.15, -0.1) is 0 Å². The normalized spacial score (nSPS) is 12.8. The van der Waals surface area contributed by atoms with E-state index in [1.54, 1.807) is 19.1 Å². The monoisotopic (exact) mass is 403 g/mol. The van der Waals surface area contributed by atoms with Crippen LogP contribution >= 0.6 is 0 Å². The number of benzene rings is 2. The molecule has 0 aliphatic rings. The first-order valence-electron chi connectivity index (χ1n) is 10.00. The highest BCUT2D eigenvalue weighted by molar-refractivity contribution is 5.93. The predicted octanol–water partition coefficient (Wildman–Crippen LogP) is 5.59. The number of esters is 1. The van der Waals surface area contributed by atoms with Crippen LogP contribution in [-0.2, 0) is 14.9 Å². The molecule has 0 saturated carbocycles. The number of oxazole rings is 1. The first-order chi connectivity index (χ1) is 14.4.